The fraction of sp³-hybridized carbons (Fsp3) is 0.316. The van der Waals surface area contributed by atoms with E-state index >= 15 is 0 Å². The number of amides is 1. The largest absolute Gasteiger partial charge is 0.464 e. The minimum absolute atomic E-state index is 0.224. The van der Waals surface area contributed by atoms with E-state index in [1.54, 1.807) is 44.6 Å². The lowest BCUT2D eigenvalue weighted by molar-refractivity contribution is -0.148. The average Bonchev–Trinajstić information content (AvgIpc) is 2.58. The number of rotatable bonds is 5. The van der Waals surface area contributed by atoms with Gasteiger partial charge in [0.05, 0.1) is 6.61 Å². The van der Waals surface area contributed by atoms with Gasteiger partial charge in [0.2, 0.25) is 0 Å². The summed E-state index contributed by atoms with van der Waals surface area (Å²) in [5, 5.41) is 0. The number of hydrogen-bond acceptors (Lipinski definition) is 4. The minimum atomic E-state index is -0.828. The van der Waals surface area contributed by atoms with Gasteiger partial charge in [0.15, 0.2) is 6.04 Å². The van der Waals surface area contributed by atoms with Gasteiger partial charge in [0.1, 0.15) is 0 Å². The van der Waals surface area contributed by atoms with E-state index in [1.165, 1.54) is 4.90 Å². The van der Waals surface area contributed by atoms with E-state index < -0.39 is 12.0 Å². The summed E-state index contributed by atoms with van der Waals surface area (Å²) in [4.78, 5) is 30.8. The van der Waals surface area contributed by atoms with Crippen LogP contribution in [0.15, 0.2) is 42.7 Å². The van der Waals surface area contributed by atoms with Crippen molar-refractivity contribution < 1.29 is 14.3 Å². The zero-order chi connectivity index (χ0) is 17.7. The van der Waals surface area contributed by atoms with E-state index in [0.29, 0.717) is 11.1 Å². The monoisotopic (exact) mass is 326 g/mol. The second-order valence-corrected chi connectivity index (χ2v) is 5.60. The molecular weight excluding hydrogens is 304 g/mol. The maximum absolute atomic E-state index is 12.9. The molecule has 0 radical (unpaired) electrons. The molecule has 0 N–H and O–H groups in total. The first-order chi connectivity index (χ1) is 11.5. The summed E-state index contributed by atoms with van der Waals surface area (Å²) >= 11 is 0. The van der Waals surface area contributed by atoms with Crippen molar-refractivity contribution in [2.75, 3.05) is 13.7 Å². The number of esters is 1. The summed E-state index contributed by atoms with van der Waals surface area (Å²) in [6.45, 7) is 5.85. The highest BCUT2D eigenvalue weighted by Crippen LogP contribution is 2.24. The van der Waals surface area contributed by atoms with Crippen molar-refractivity contribution in [1.29, 1.82) is 0 Å². The van der Waals surface area contributed by atoms with Crippen molar-refractivity contribution in [1.82, 2.24) is 9.88 Å². The Morgan fingerprint density at radius 2 is 1.96 bits per heavy atom. The van der Waals surface area contributed by atoms with Crippen molar-refractivity contribution in [2.45, 2.75) is 26.8 Å². The number of carbonyl (C=O) groups is 2. The molecule has 0 bridgehead atoms. The van der Waals surface area contributed by atoms with E-state index in [2.05, 4.69) is 4.98 Å². The van der Waals surface area contributed by atoms with Gasteiger partial charge >= 0.3 is 5.97 Å². The third-order valence-electron chi connectivity index (χ3n) is 4.05. The number of aromatic nitrogens is 1. The van der Waals surface area contributed by atoms with Gasteiger partial charge in [-0.25, -0.2) is 4.79 Å². The summed E-state index contributed by atoms with van der Waals surface area (Å²) < 4.78 is 5.16. The molecule has 1 amide bonds. The highest BCUT2D eigenvalue weighted by Gasteiger charge is 2.31. The Kier molecular flexibility index (Phi) is 5.68. The van der Waals surface area contributed by atoms with Gasteiger partial charge in [-0.3, -0.25) is 9.78 Å². The quantitative estimate of drug-likeness (QED) is 0.792. The summed E-state index contributed by atoms with van der Waals surface area (Å²) in [5.74, 6) is -0.690. The topological polar surface area (TPSA) is 59.5 Å². The average molecular weight is 326 g/mol. The SMILES string of the molecule is CCOC(=O)C(c1cccnc1)N(C)C(=O)c1cccc(C)c1C. The maximum atomic E-state index is 12.9. The standard InChI is InChI=1S/C19H22N2O3/c1-5-24-19(23)17(15-9-7-11-20-12-15)21(4)18(22)16-10-6-8-13(2)14(16)3/h6-12,17H,5H2,1-4H3. The van der Waals surface area contributed by atoms with Crippen LogP contribution < -0.4 is 0 Å². The van der Waals surface area contributed by atoms with E-state index in [-0.39, 0.29) is 12.5 Å². The fourth-order valence-corrected chi connectivity index (χ4v) is 2.57. The highest BCUT2D eigenvalue weighted by molar-refractivity contribution is 5.98. The lowest BCUT2D eigenvalue weighted by atomic mass is 10.0. The Hall–Kier alpha value is -2.69. The third kappa shape index (κ3) is 3.62. The minimum Gasteiger partial charge on any atom is -0.464 e. The molecule has 0 aliphatic carbocycles. The highest BCUT2D eigenvalue weighted by atomic mass is 16.5. The van der Waals surface area contributed by atoms with Crippen LogP contribution in [0.3, 0.4) is 0 Å². The van der Waals surface area contributed by atoms with Crippen molar-refractivity contribution in [3.05, 3.63) is 65.0 Å². The zero-order valence-corrected chi connectivity index (χ0v) is 14.4. The lowest BCUT2D eigenvalue weighted by Gasteiger charge is -2.27. The first kappa shape index (κ1) is 17.7. The maximum Gasteiger partial charge on any atom is 0.333 e. The van der Waals surface area contributed by atoms with Crippen LogP contribution in [0, 0.1) is 13.8 Å². The first-order valence-electron chi connectivity index (χ1n) is 7.87. The van der Waals surface area contributed by atoms with E-state index in [0.717, 1.165) is 11.1 Å². The van der Waals surface area contributed by atoms with E-state index in [9.17, 15) is 9.59 Å². The molecule has 126 valence electrons. The number of ether oxygens (including phenoxy) is 1. The van der Waals surface area contributed by atoms with Crippen LogP contribution in [-0.4, -0.2) is 35.4 Å². The number of nitrogens with zero attached hydrogens (tertiary/aromatic N) is 2. The van der Waals surface area contributed by atoms with Crippen LogP contribution in [0.2, 0.25) is 0 Å². The molecule has 5 nitrogen and oxygen atoms in total. The Balaban J connectivity index is 2.40. The molecule has 1 atom stereocenters. The van der Waals surface area contributed by atoms with Gasteiger partial charge in [-0.1, -0.05) is 18.2 Å². The summed E-state index contributed by atoms with van der Waals surface area (Å²) in [6.07, 6.45) is 3.20. The Labute approximate surface area is 142 Å². The Morgan fingerprint density at radius 1 is 1.21 bits per heavy atom. The zero-order valence-electron chi connectivity index (χ0n) is 14.4. The molecule has 0 fully saturated rings. The van der Waals surface area contributed by atoms with Crippen molar-refractivity contribution >= 4 is 11.9 Å². The van der Waals surface area contributed by atoms with Crippen molar-refractivity contribution in [3.8, 4) is 0 Å². The van der Waals surface area contributed by atoms with E-state index in [1.807, 2.05) is 26.0 Å². The molecule has 0 aliphatic rings. The molecule has 1 unspecified atom stereocenters. The van der Waals surface area contributed by atoms with E-state index in [4.69, 9.17) is 4.74 Å². The van der Waals surface area contributed by atoms with Gasteiger partial charge in [-0.05, 0) is 44.0 Å². The predicted molar refractivity (Wildman–Crippen MR) is 91.6 cm³/mol. The van der Waals surface area contributed by atoms with Gasteiger partial charge in [0.25, 0.3) is 5.91 Å². The number of benzene rings is 1. The smallest absolute Gasteiger partial charge is 0.333 e. The molecule has 1 aromatic carbocycles. The van der Waals surface area contributed by atoms with Crippen LogP contribution in [-0.2, 0) is 9.53 Å². The molecular formula is C19H22N2O3. The Bertz CT molecular complexity index is 729. The van der Waals surface area contributed by atoms with Gasteiger partial charge < -0.3 is 9.64 Å². The molecule has 0 saturated carbocycles. The van der Waals surface area contributed by atoms with Crippen LogP contribution in [0.4, 0.5) is 0 Å². The second kappa shape index (κ2) is 7.73. The van der Waals surface area contributed by atoms with Crippen molar-refractivity contribution in [3.63, 3.8) is 0 Å². The number of pyridine rings is 1. The van der Waals surface area contributed by atoms with Gasteiger partial charge in [0, 0.05) is 30.6 Å². The number of hydrogen-bond donors (Lipinski definition) is 0. The molecule has 0 saturated heterocycles. The predicted octanol–water partition coefficient (Wildman–Crippen LogP) is 3.07. The third-order valence-corrected chi connectivity index (χ3v) is 4.05. The summed E-state index contributed by atoms with van der Waals surface area (Å²) in [5.41, 5.74) is 3.14. The molecule has 1 aromatic heterocycles. The van der Waals surface area contributed by atoms with Gasteiger partial charge in [-0.2, -0.15) is 0 Å². The molecule has 0 aliphatic heterocycles. The number of aryl methyl sites for hydroxylation is 1. The molecule has 2 rings (SSSR count). The van der Waals surface area contributed by atoms with Crippen LogP contribution >= 0.6 is 0 Å². The normalized spacial score (nSPS) is 11.7. The fourth-order valence-electron chi connectivity index (χ4n) is 2.57. The summed E-state index contributed by atoms with van der Waals surface area (Å²) in [7, 11) is 1.61. The molecule has 2 aromatic rings. The molecule has 0 spiro atoms. The first-order valence-corrected chi connectivity index (χ1v) is 7.87. The number of carbonyl (C=O) groups excluding carboxylic acids is 2. The molecule has 5 heteroatoms. The summed E-state index contributed by atoms with van der Waals surface area (Å²) in [6, 6.07) is 8.24. The molecule has 1 heterocycles. The van der Waals surface area contributed by atoms with Crippen LogP contribution in [0.1, 0.15) is 40.0 Å². The lowest BCUT2D eigenvalue weighted by Crippen LogP contribution is -2.37. The molecule has 24 heavy (non-hydrogen) atoms. The second-order valence-electron chi connectivity index (χ2n) is 5.60. The van der Waals surface area contributed by atoms with Crippen LogP contribution in [0.25, 0.3) is 0 Å². The van der Waals surface area contributed by atoms with Crippen molar-refractivity contribution in [2.24, 2.45) is 0 Å². The Morgan fingerprint density at radius 3 is 2.58 bits per heavy atom. The van der Waals surface area contributed by atoms with Gasteiger partial charge in [-0.15, -0.1) is 0 Å². The number of likely N-dealkylation sites (N-methyl/N-ethyl adjacent to an activating group) is 1. The van der Waals surface area contributed by atoms with Crippen LogP contribution in [0.5, 0.6) is 0 Å².